The third-order valence-electron chi connectivity index (χ3n) is 3.09. The Labute approximate surface area is 135 Å². The number of anilines is 1. The Bertz CT molecular complexity index is 767. The lowest BCUT2D eigenvalue weighted by atomic mass is 10.2. The van der Waals surface area contributed by atoms with Gasteiger partial charge in [-0.2, -0.15) is 5.10 Å². The molecule has 0 aliphatic rings. The van der Waals surface area contributed by atoms with Gasteiger partial charge in [0, 0.05) is 37.3 Å². The molecule has 0 spiro atoms. The van der Waals surface area contributed by atoms with Crippen LogP contribution in [-0.4, -0.2) is 20.7 Å². The van der Waals surface area contributed by atoms with Crippen molar-refractivity contribution in [1.82, 2.24) is 14.8 Å². The number of nitrogens with one attached hydrogen (secondary N) is 1. The van der Waals surface area contributed by atoms with Gasteiger partial charge in [0.15, 0.2) is 10.5 Å². The van der Waals surface area contributed by atoms with Crippen LogP contribution in [0.1, 0.15) is 15.9 Å². The van der Waals surface area contributed by atoms with E-state index in [0.717, 1.165) is 13.0 Å². The summed E-state index contributed by atoms with van der Waals surface area (Å²) < 4.78 is 7.35. The normalized spacial score (nSPS) is 10.6. The number of halogens is 1. The number of hydrogen-bond donors (Lipinski definition) is 1. The highest BCUT2D eigenvalue weighted by Gasteiger charge is 2.10. The molecular weight excluding hydrogens is 348 g/mol. The molecule has 3 heterocycles. The second-order valence-electron chi connectivity index (χ2n) is 4.66. The van der Waals surface area contributed by atoms with Crippen LogP contribution < -0.4 is 5.32 Å². The fraction of sp³-hybridized carbons (Fsp3) is 0.133. The van der Waals surface area contributed by atoms with E-state index < -0.39 is 0 Å². The van der Waals surface area contributed by atoms with Gasteiger partial charge in [0.2, 0.25) is 0 Å². The molecule has 0 fully saturated rings. The third kappa shape index (κ3) is 3.62. The van der Waals surface area contributed by atoms with Crippen LogP contribution in [0.5, 0.6) is 0 Å². The Kier molecular flexibility index (Phi) is 4.34. The molecule has 0 saturated carbocycles. The molecule has 0 aliphatic heterocycles. The molecule has 3 aromatic rings. The molecular formula is C15H13BrN4O2. The van der Waals surface area contributed by atoms with Gasteiger partial charge in [-0.15, -0.1) is 0 Å². The van der Waals surface area contributed by atoms with Gasteiger partial charge in [-0.1, -0.05) is 0 Å². The molecule has 0 atom stereocenters. The van der Waals surface area contributed by atoms with E-state index in [1.807, 2.05) is 18.3 Å². The van der Waals surface area contributed by atoms with Crippen LogP contribution in [0, 0.1) is 0 Å². The molecule has 0 aliphatic carbocycles. The highest BCUT2D eigenvalue weighted by molar-refractivity contribution is 9.10. The van der Waals surface area contributed by atoms with Crippen molar-refractivity contribution in [2.45, 2.75) is 13.0 Å². The number of carbonyl (C=O) groups is 1. The highest BCUT2D eigenvalue weighted by Crippen LogP contribution is 2.15. The minimum atomic E-state index is -0.256. The Morgan fingerprint density at radius 3 is 2.86 bits per heavy atom. The smallest absolute Gasteiger partial charge is 0.260 e. The second-order valence-corrected chi connectivity index (χ2v) is 5.44. The van der Waals surface area contributed by atoms with Gasteiger partial charge in [0.25, 0.3) is 5.91 Å². The van der Waals surface area contributed by atoms with Gasteiger partial charge >= 0.3 is 0 Å². The molecule has 0 unspecified atom stereocenters. The van der Waals surface area contributed by atoms with Crippen LogP contribution in [0.3, 0.4) is 0 Å². The highest BCUT2D eigenvalue weighted by atomic mass is 79.9. The summed E-state index contributed by atoms with van der Waals surface area (Å²) in [6.07, 6.45) is 7.62. The van der Waals surface area contributed by atoms with Crippen LogP contribution in [0.4, 0.5) is 5.82 Å². The molecule has 0 radical (unpaired) electrons. The number of pyridine rings is 1. The van der Waals surface area contributed by atoms with Crippen molar-refractivity contribution in [3.8, 4) is 0 Å². The van der Waals surface area contributed by atoms with Crippen LogP contribution in [-0.2, 0) is 13.0 Å². The monoisotopic (exact) mass is 360 g/mol. The lowest BCUT2D eigenvalue weighted by Crippen LogP contribution is -2.12. The summed E-state index contributed by atoms with van der Waals surface area (Å²) in [5.74, 6) is 0.255. The number of rotatable bonds is 5. The zero-order valence-corrected chi connectivity index (χ0v) is 13.2. The number of aromatic nitrogens is 3. The summed E-state index contributed by atoms with van der Waals surface area (Å²) in [6, 6.07) is 7.32. The quantitative estimate of drug-likeness (QED) is 0.758. The van der Waals surface area contributed by atoms with E-state index >= 15 is 0 Å². The summed E-state index contributed by atoms with van der Waals surface area (Å²) >= 11 is 3.16. The first kappa shape index (κ1) is 14.5. The molecule has 1 N–H and O–H groups in total. The van der Waals surface area contributed by atoms with E-state index in [2.05, 4.69) is 31.3 Å². The molecule has 22 heavy (non-hydrogen) atoms. The Balaban J connectivity index is 1.58. The Morgan fingerprint density at radius 1 is 1.32 bits per heavy atom. The van der Waals surface area contributed by atoms with Gasteiger partial charge in [-0.3, -0.25) is 14.5 Å². The van der Waals surface area contributed by atoms with Crippen LogP contribution in [0.2, 0.25) is 0 Å². The number of aryl methyl sites for hydroxylation is 2. The van der Waals surface area contributed by atoms with Crippen LogP contribution >= 0.6 is 15.9 Å². The molecule has 0 bridgehead atoms. The van der Waals surface area contributed by atoms with Crippen LogP contribution in [0.25, 0.3) is 0 Å². The van der Waals surface area contributed by atoms with E-state index in [1.54, 1.807) is 29.2 Å². The minimum Gasteiger partial charge on any atom is -0.457 e. The SMILES string of the molecule is O=C(Nc1ccn(CCc2ccncc2)n1)c1coc(Br)c1. The number of hydrogen-bond acceptors (Lipinski definition) is 4. The average molecular weight is 361 g/mol. The van der Waals surface area contributed by atoms with Gasteiger partial charge in [0.05, 0.1) is 5.56 Å². The number of amides is 1. The standard InChI is InChI=1S/C15H13BrN4O2/c16-13-9-12(10-22-13)15(21)18-14-4-8-20(19-14)7-3-11-1-5-17-6-2-11/h1-2,4-6,8-10H,3,7H2,(H,18,19,21). The molecule has 3 aromatic heterocycles. The fourth-order valence-electron chi connectivity index (χ4n) is 1.96. The molecule has 0 aromatic carbocycles. The summed E-state index contributed by atoms with van der Waals surface area (Å²) in [7, 11) is 0. The summed E-state index contributed by atoms with van der Waals surface area (Å²) in [4.78, 5) is 16.0. The summed E-state index contributed by atoms with van der Waals surface area (Å²) in [5, 5.41) is 7.05. The fourth-order valence-corrected chi connectivity index (χ4v) is 2.30. The molecule has 0 saturated heterocycles. The maximum absolute atomic E-state index is 12.0. The lowest BCUT2D eigenvalue weighted by Gasteiger charge is -2.02. The number of nitrogens with zero attached hydrogens (tertiary/aromatic N) is 3. The first-order valence-corrected chi connectivity index (χ1v) is 7.48. The maximum Gasteiger partial charge on any atom is 0.260 e. The average Bonchev–Trinajstić information content (AvgIpc) is 3.15. The van der Waals surface area contributed by atoms with Gasteiger partial charge in [-0.05, 0) is 40.0 Å². The molecule has 7 heteroatoms. The van der Waals surface area contributed by atoms with Crippen molar-refractivity contribution in [3.05, 3.63) is 64.9 Å². The zero-order chi connectivity index (χ0) is 15.4. The van der Waals surface area contributed by atoms with Gasteiger partial charge in [0.1, 0.15) is 6.26 Å². The number of carbonyl (C=O) groups excluding carboxylic acids is 1. The largest absolute Gasteiger partial charge is 0.457 e. The van der Waals surface area contributed by atoms with Crippen molar-refractivity contribution in [3.63, 3.8) is 0 Å². The predicted octanol–water partition coefficient (Wildman–Crippen LogP) is 3.13. The molecule has 3 rings (SSSR count). The van der Waals surface area contributed by atoms with Crippen molar-refractivity contribution in [1.29, 1.82) is 0 Å². The third-order valence-corrected chi connectivity index (χ3v) is 3.51. The van der Waals surface area contributed by atoms with Gasteiger partial charge < -0.3 is 9.73 Å². The summed E-state index contributed by atoms with van der Waals surface area (Å²) in [5.41, 5.74) is 1.64. The van der Waals surface area contributed by atoms with Crippen LogP contribution in [0.15, 0.2) is 58.2 Å². The van der Waals surface area contributed by atoms with E-state index in [4.69, 9.17) is 4.42 Å². The van der Waals surface area contributed by atoms with E-state index in [-0.39, 0.29) is 5.91 Å². The lowest BCUT2D eigenvalue weighted by molar-refractivity contribution is 0.102. The molecule has 6 nitrogen and oxygen atoms in total. The maximum atomic E-state index is 12.0. The Hall–Kier alpha value is -2.41. The van der Waals surface area contributed by atoms with Crippen molar-refractivity contribution in [2.24, 2.45) is 0 Å². The second kappa shape index (κ2) is 6.57. The minimum absolute atomic E-state index is 0.256. The van der Waals surface area contributed by atoms with Gasteiger partial charge in [-0.25, -0.2) is 0 Å². The first-order valence-electron chi connectivity index (χ1n) is 6.68. The van der Waals surface area contributed by atoms with Crippen molar-refractivity contribution < 1.29 is 9.21 Å². The molecule has 112 valence electrons. The Morgan fingerprint density at radius 2 is 2.14 bits per heavy atom. The predicted molar refractivity (Wildman–Crippen MR) is 84.5 cm³/mol. The van der Waals surface area contributed by atoms with Crippen molar-refractivity contribution >= 4 is 27.7 Å². The van der Waals surface area contributed by atoms with E-state index in [0.29, 0.717) is 16.1 Å². The molecule has 1 amide bonds. The summed E-state index contributed by atoms with van der Waals surface area (Å²) in [6.45, 7) is 0.733. The van der Waals surface area contributed by atoms with E-state index in [9.17, 15) is 4.79 Å². The van der Waals surface area contributed by atoms with E-state index in [1.165, 1.54) is 11.8 Å². The zero-order valence-electron chi connectivity index (χ0n) is 11.6. The topological polar surface area (TPSA) is 73.0 Å². The first-order chi connectivity index (χ1) is 10.7. The number of furan rings is 1. The van der Waals surface area contributed by atoms with Crippen molar-refractivity contribution in [2.75, 3.05) is 5.32 Å².